The Hall–Kier alpha value is -1.88. The Morgan fingerprint density at radius 1 is 1.35 bits per heavy atom. The predicted octanol–water partition coefficient (Wildman–Crippen LogP) is 3.07. The topological polar surface area (TPSA) is 49.3 Å². The minimum atomic E-state index is -0.277. The Labute approximate surface area is 141 Å². The Kier molecular flexibility index (Phi) is 4.15. The molecule has 1 unspecified atom stereocenters. The third-order valence-corrected chi connectivity index (χ3v) is 4.82. The molecule has 2 aromatic rings. The van der Waals surface area contributed by atoms with Gasteiger partial charge in [0.25, 0.3) is 0 Å². The molecule has 0 radical (unpaired) electrons. The summed E-state index contributed by atoms with van der Waals surface area (Å²) in [5, 5.41) is 2.34. The summed E-state index contributed by atoms with van der Waals surface area (Å²) in [5.41, 5.74) is 0.889. The summed E-state index contributed by atoms with van der Waals surface area (Å²) in [6, 6.07) is 2.31. The van der Waals surface area contributed by atoms with E-state index in [2.05, 4.69) is 21.8 Å². The van der Waals surface area contributed by atoms with Crippen LogP contribution in [0.1, 0.15) is 31.7 Å². The molecule has 1 amide bonds. The predicted molar refractivity (Wildman–Crippen MR) is 93.1 cm³/mol. The highest BCUT2D eigenvalue weighted by atomic mass is 35.5. The van der Waals surface area contributed by atoms with E-state index < -0.39 is 0 Å². The Morgan fingerprint density at radius 3 is 2.65 bits per heavy atom. The van der Waals surface area contributed by atoms with Gasteiger partial charge < -0.3 is 9.80 Å². The number of rotatable bonds is 3. The second-order valence-electron chi connectivity index (χ2n) is 6.38. The van der Waals surface area contributed by atoms with Crippen molar-refractivity contribution in [2.24, 2.45) is 0 Å². The number of nitrogens with zero attached hydrogens (tertiary/aromatic N) is 4. The first-order valence-corrected chi connectivity index (χ1v) is 8.20. The summed E-state index contributed by atoms with van der Waals surface area (Å²) in [5.74, 6) is 0.698. The van der Waals surface area contributed by atoms with E-state index in [9.17, 15) is 4.79 Å². The summed E-state index contributed by atoms with van der Waals surface area (Å²) >= 11 is 6.11. The third-order valence-electron chi connectivity index (χ3n) is 4.62. The molecule has 2 aromatic heterocycles. The smallest absolute Gasteiger partial charge is 0.229 e. The summed E-state index contributed by atoms with van der Waals surface area (Å²) in [6.07, 6.45) is 4.74. The summed E-state index contributed by atoms with van der Waals surface area (Å²) in [4.78, 5) is 25.1. The molecule has 6 heteroatoms. The second kappa shape index (κ2) is 5.96. The quantitative estimate of drug-likeness (QED) is 0.810. The molecule has 5 nitrogen and oxygen atoms in total. The van der Waals surface area contributed by atoms with Gasteiger partial charge in [0.1, 0.15) is 11.0 Å². The number of anilines is 1. The van der Waals surface area contributed by atoms with Crippen LogP contribution in [0.25, 0.3) is 10.8 Å². The molecule has 122 valence electrons. The van der Waals surface area contributed by atoms with Gasteiger partial charge in [0.05, 0.1) is 5.92 Å². The zero-order valence-corrected chi connectivity index (χ0v) is 14.6. The number of carbonyl (C=O) groups excluding carboxylic acids is 1. The fraction of sp³-hybridized carbons (Fsp3) is 0.471. The lowest BCUT2D eigenvalue weighted by Gasteiger charge is -2.40. The van der Waals surface area contributed by atoms with Crippen LogP contribution < -0.4 is 4.90 Å². The van der Waals surface area contributed by atoms with E-state index >= 15 is 0 Å². The number of hydrogen-bond donors (Lipinski definition) is 0. The van der Waals surface area contributed by atoms with Crippen molar-refractivity contribution in [1.29, 1.82) is 0 Å². The van der Waals surface area contributed by atoms with Gasteiger partial charge in [0.15, 0.2) is 0 Å². The van der Waals surface area contributed by atoms with Crippen LogP contribution in [-0.2, 0) is 4.79 Å². The number of amides is 1. The van der Waals surface area contributed by atoms with Crippen molar-refractivity contribution < 1.29 is 4.79 Å². The molecule has 3 rings (SSSR count). The zero-order valence-electron chi connectivity index (χ0n) is 13.9. The third kappa shape index (κ3) is 2.74. The van der Waals surface area contributed by atoms with Crippen LogP contribution in [0.4, 0.5) is 5.82 Å². The highest BCUT2D eigenvalue weighted by Crippen LogP contribution is 2.35. The van der Waals surface area contributed by atoms with Gasteiger partial charge >= 0.3 is 0 Å². The molecule has 3 heterocycles. The van der Waals surface area contributed by atoms with Gasteiger partial charge in [-0.05, 0) is 37.3 Å². The molecular formula is C17H21ClN4O. The molecule has 0 aliphatic carbocycles. The van der Waals surface area contributed by atoms with Crippen molar-refractivity contribution in [2.75, 3.05) is 25.5 Å². The SMILES string of the molecule is CC(C(=O)N(C)C)c1cnc(N2CC[C@H]2C)c2cnc(Cl)cc12. The molecule has 0 saturated carbocycles. The van der Waals surface area contributed by atoms with Crippen LogP contribution in [-0.4, -0.2) is 47.5 Å². The standard InChI is InChI=1S/C17H21ClN4O/c1-10-5-6-22(10)16-14-9-19-15(18)7-12(14)13(8-20-16)11(2)17(23)21(3)4/h7-11H,5-6H2,1-4H3/t10-,11?/m1/s1. The number of aromatic nitrogens is 2. The highest BCUT2D eigenvalue weighted by molar-refractivity contribution is 6.30. The number of carbonyl (C=O) groups is 1. The van der Waals surface area contributed by atoms with Crippen LogP contribution in [0.2, 0.25) is 5.15 Å². The Balaban J connectivity index is 2.15. The van der Waals surface area contributed by atoms with Crippen molar-refractivity contribution in [1.82, 2.24) is 14.9 Å². The van der Waals surface area contributed by atoms with E-state index in [1.54, 1.807) is 25.2 Å². The van der Waals surface area contributed by atoms with Gasteiger partial charge in [0.2, 0.25) is 5.91 Å². The first-order valence-electron chi connectivity index (χ1n) is 7.82. The van der Waals surface area contributed by atoms with Crippen molar-refractivity contribution in [2.45, 2.75) is 32.2 Å². The number of likely N-dealkylation sites (N-methyl/N-ethyl adjacent to an activating group) is 1. The molecule has 1 aliphatic rings. The van der Waals surface area contributed by atoms with E-state index in [-0.39, 0.29) is 11.8 Å². The first kappa shape index (κ1) is 16.0. The molecule has 0 spiro atoms. The van der Waals surface area contributed by atoms with E-state index in [0.29, 0.717) is 11.2 Å². The summed E-state index contributed by atoms with van der Waals surface area (Å²) in [7, 11) is 3.53. The van der Waals surface area contributed by atoms with Gasteiger partial charge in [-0.1, -0.05) is 11.6 Å². The maximum Gasteiger partial charge on any atom is 0.229 e. The van der Waals surface area contributed by atoms with Gasteiger partial charge in [-0.2, -0.15) is 0 Å². The van der Waals surface area contributed by atoms with Crippen LogP contribution in [0, 0.1) is 0 Å². The molecular weight excluding hydrogens is 312 g/mol. The number of fused-ring (bicyclic) bond motifs is 1. The molecule has 0 N–H and O–H groups in total. The highest BCUT2D eigenvalue weighted by Gasteiger charge is 2.28. The average molecular weight is 333 g/mol. The van der Waals surface area contributed by atoms with Crippen molar-refractivity contribution in [3.05, 3.63) is 29.2 Å². The van der Waals surface area contributed by atoms with Crippen LogP contribution in [0.5, 0.6) is 0 Å². The van der Waals surface area contributed by atoms with E-state index in [1.165, 1.54) is 6.42 Å². The summed E-state index contributed by atoms with van der Waals surface area (Å²) < 4.78 is 0. The van der Waals surface area contributed by atoms with Crippen molar-refractivity contribution >= 4 is 34.1 Å². The minimum Gasteiger partial charge on any atom is -0.353 e. The van der Waals surface area contributed by atoms with E-state index in [4.69, 9.17) is 11.6 Å². The van der Waals surface area contributed by atoms with Gasteiger partial charge in [0, 0.05) is 44.5 Å². The first-order chi connectivity index (χ1) is 10.9. The number of pyridine rings is 2. The van der Waals surface area contributed by atoms with E-state index in [0.717, 1.165) is 28.7 Å². The van der Waals surface area contributed by atoms with E-state index in [1.807, 2.05) is 19.2 Å². The van der Waals surface area contributed by atoms with Crippen molar-refractivity contribution in [3.8, 4) is 0 Å². The molecule has 1 saturated heterocycles. The molecule has 2 atom stereocenters. The Morgan fingerprint density at radius 2 is 2.09 bits per heavy atom. The maximum atomic E-state index is 12.3. The Bertz CT molecular complexity index is 762. The molecule has 1 aliphatic heterocycles. The van der Waals surface area contributed by atoms with Crippen LogP contribution >= 0.6 is 11.6 Å². The number of halogens is 1. The fourth-order valence-corrected chi connectivity index (χ4v) is 3.20. The van der Waals surface area contributed by atoms with Gasteiger partial charge in [-0.25, -0.2) is 9.97 Å². The summed E-state index contributed by atoms with van der Waals surface area (Å²) in [6.45, 7) is 5.09. The normalized spacial score (nSPS) is 18.7. The van der Waals surface area contributed by atoms with Crippen LogP contribution in [0.3, 0.4) is 0 Å². The van der Waals surface area contributed by atoms with Crippen molar-refractivity contribution in [3.63, 3.8) is 0 Å². The molecule has 0 bridgehead atoms. The van der Waals surface area contributed by atoms with Gasteiger partial charge in [-0.15, -0.1) is 0 Å². The lowest BCUT2D eigenvalue weighted by molar-refractivity contribution is -0.129. The molecule has 1 fully saturated rings. The molecule has 0 aromatic carbocycles. The minimum absolute atomic E-state index is 0.0473. The lowest BCUT2D eigenvalue weighted by atomic mass is 9.95. The second-order valence-corrected chi connectivity index (χ2v) is 6.76. The fourth-order valence-electron chi connectivity index (χ4n) is 3.04. The lowest BCUT2D eigenvalue weighted by Crippen LogP contribution is -2.46. The largest absolute Gasteiger partial charge is 0.353 e. The van der Waals surface area contributed by atoms with Gasteiger partial charge in [-0.3, -0.25) is 4.79 Å². The number of hydrogen-bond acceptors (Lipinski definition) is 4. The maximum absolute atomic E-state index is 12.3. The zero-order chi connectivity index (χ0) is 16.7. The molecule has 23 heavy (non-hydrogen) atoms. The monoisotopic (exact) mass is 332 g/mol. The van der Waals surface area contributed by atoms with Crippen LogP contribution in [0.15, 0.2) is 18.5 Å². The average Bonchev–Trinajstić information content (AvgIpc) is 2.51.